The van der Waals surface area contributed by atoms with Gasteiger partial charge in [0.05, 0.1) is 5.01 Å². The molecule has 0 aliphatic rings. The predicted octanol–water partition coefficient (Wildman–Crippen LogP) is 3.86. The van der Waals surface area contributed by atoms with Gasteiger partial charge in [-0.1, -0.05) is 36.4 Å². The molecule has 94 valence electrons. The molecule has 2 aromatic carbocycles. The molecule has 0 saturated heterocycles. The summed E-state index contributed by atoms with van der Waals surface area (Å²) in [5, 5.41) is 7.72. The molecular formula is C15H12N2OS. The molecule has 0 aliphatic carbocycles. The highest BCUT2D eigenvalue weighted by Gasteiger charge is 2.10. The normalized spacial score (nSPS) is 10.6. The van der Waals surface area contributed by atoms with Crippen LogP contribution in [0.1, 0.15) is 15.5 Å². The smallest absolute Gasteiger partial charge is 0.275 e. The highest BCUT2D eigenvalue weighted by molar-refractivity contribution is 7.09. The number of thiazole rings is 1. The number of carbonyl (C=O) groups excluding carboxylic acids is 1. The van der Waals surface area contributed by atoms with Gasteiger partial charge in [-0.3, -0.25) is 4.79 Å². The van der Waals surface area contributed by atoms with Crippen molar-refractivity contribution in [3.05, 3.63) is 58.5 Å². The summed E-state index contributed by atoms with van der Waals surface area (Å²) in [5.74, 6) is -0.166. The zero-order valence-corrected chi connectivity index (χ0v) is 11.2. The maximum atomic E-state index is 12.1. The monoisotopic (exact) mass is 268 g/mol. The number of benzene rings is 2. The molecule has 1 amide bonds. The van der Waals surface area contributed by atoms with Gasteiger partial charge in [-0.25, -0.2) is 4.98 Å². The first-order chi connectivity index (χ1) is 9.24. The first kappa shape index (κ1) is 11.9. The number of fused-ring (bicyclic) bond motifs is 1. The summed E-state index contributed by atoms with van der Waals surface area (Å²) < 4.78 is 0. The van der Waals surface area contributed by atoms with Crippen molar-refractivity contribution in [2.24, 2.45) is 0 Å². The number of nitrogens with one attached hydrogen (secondary N) is 1. The average molecular weight is 268 g/mol. The Morgan fingerprint density at radius 3 is 2.74 bits per heavy atom. The van der Waals surface area contributed by atoms with Crippen LogP contribution in [-0.4, -0.2) is 10.9 Å². The Hall–Kier alpha value is -2.20. The molecule has 0 fully saturated rings. The molecule has 0 radical (unpaired) electrons. The van der Waals surface area contributed by atoms with E-state index in [2.05, 4.69) is 10.3 Å². The summed E-state index contributed by atoms with van der Waals surface area (Å²) in [7, 11) is 0. The van der Waals surface area contributed by atoms with Crippen LogP contribution in [0.25, 0.3) is 10.8 Å². The first-order valence-electron chi connectivity index (χ1n) is 5.95. The van der Waals surface area contributed by atoms with Crippen LogP contribution in [0.3, 0.4) is 0 Å². The van der Waals surface area contributed by atoms with Crippen molar-refractivity contribution in [2.75, 3.05) is 5.32 Å². The zero-order chi connectivity index (χ0) is 13.2. The summed E-state index contributed by atoms with van der Waals surface area (Å²) in [6.07, 6.45) is 0. The summed E-state index contributed by atoms with van der Waals surface area (Å²) >= 11 is 1.47. The van der Waals surface area contributed by atoms with E-state index in [9.17, 15) is 4.79 Å². The molecule has 3 rings (SSSR count). The molecular weight excluding hydrogens is 256 g/mol. The van der Waals surface area contributed by atoms with Crippen LogP contribution in [0.4, 0.5) is 5.69 Å². The second kappa shape index (κ2) is 4.82. The van der Waals surface area contributed by atoms with E-state index < -0.39 is 0 Å². The zero-order valence-electron chi connectivity index (χ0n) is 10.4. The van der Waals surface area contributed by atoms with Crippen LogP contribution in [0.15, 0.2) is 47.8 Å². The van der Waals surface area contributed by atoms with Crippen LogP contribution < -0.4 is 5.32 Å². The number of aromatic nitrogens is 1. The Kier molecular flexibility index (Phi) is 3.01. The van der Waals surface area contributed by atoms with Gasteiger partial charge in [0.1, 0.15) is 5.69 Å². The third-order valence-electron chi connectivity index (χ3n) is 2.89. The van der Waals surface area contributed by atoms with Crippen molar-refractivity contribution in [1.29, 1.82) is 0 Å². The van der Waals surface area contributed by atoms with Gasteiger partial charge in [-0.05, 0) is 18.4 Å². The highest BCUT2D eigenvalue weighted by Crippen LogP contribution is 2.23. The van der Waals surface area contributed by atoms with E-state index in [1.165, 1.54) is 11.3 Å². The summed E-state index contributed by atoms with van der Waals surface area (Å²) in [6.45, 7) is 1.89. The number of hydrogen-bond donors (Lipinski definition) is 1. The number of amides is 1. The summed E-state index contributed by atoms with van der Waals surface area (Å²) in [5.41, 5.74) is 1.28. The van der Waals surface area contributed by atoms with Gasteiger partial charge < -0.3 is 5.32 Å². The molecule has 3 nitrogen and oxygen atoms in total. The Bertz CT molecular complexity index is 743. The second-order valence-corrected chi connectivity index (χ2v) is 5.29. The third-order valence-corrected chi connectivity index (χ3v) is 3.66. The standard InChI is InChI=1S/C15H12N2OS/c1-10-16-14(9-19-10)15(18)17-13-8-4-6-11-5-2-3-7-12(11)13/h2-9H,1H3,(H,17,18). The Labute approximate surface area is 114 Å². The molecule has 0 unspecified atom stereocenters. The van der Waals surface area contributed by atoms with E-state index in [1.54, 1.807) is 5.38 Å². The van der Waals surface area contributed by atoms with Crippen molar-refractivity contribution in [2.45, 2.75) is 6.92 Å². The fourth-order valence-electron chi connectivity index (χ4n) is 1.99. The van der Waals surface area contributed by atoms with Gasteiger partial charge in [0.2, 0.25) is 0 Å². The van der Waals surface area contributed by atoms with Crippen molar-refractivity contribution in [1.82, 2.24) is 4.98 Å². The van der Waals surface area contributed by atoms with Crippen LogP contribution >= 0.6 is 11.3 Å². The lowest BCUT2D eigenvalue weighted by atomic mass is 10.1. The van der Waals surface area contributed by atoms with E-state index in [-0.39, 0.29) is 5.91 Å². The maximum absolute atomic E-state index is 12.1. The lowest BCUT2D eigenvalue weighted by Crippen LogP contribution is -2.12. The van der Waals surface area contributed by atoms with E-state index in [0.717, 1.165) is 21.5 Å². The van der Waals surface area contributed by atoms with Crippen molar-refractivity contribution < 1.29 is 4.79 Å². The van der Waals surface area contributed by atoms with Gasteiger partial charge in [-0.15, -0.1) is 11.3 Å². The predicted molar refractivity (Wildman–Crippen MR) is 78.8 cm³/mol. The molecule has 0 aliphatic heterocycles. The lowest BCUT2D eigenvalue weighted by Gasteiger charge is -2.07. The van der Waals surface area contributed by atoms with E-state index in [1.807, 2.05) is 49.4 Å². The van der Waals surface area contributed by atoms with Crippen molar-refractivity contribution in [3.63, 3.8) is 0 Å². The lowest BCUT2D eigenvalue weighted by molar-refractivity contribution is 0.102. The van der Waals surface area contributed by atoms with Crippen molar-refractivity contribution >= 4 is 33.7 Å². The number of rotatable bonds is 2. The van der Waals surface area contributed by atoms with Crippen LogP contribution in [0.2, 0.25) is 0 Å². The Balaban J connectivity index is 1.95. The van der Waals surface area contributed by atoms with E-state index in [0.29, 0.717) is 5.69 Å². The number of hydrogen-bond acceptors (Lipinski definition) is 3. The minimum atomic E-state index is -0.166. The topological polar surface area (TPSA) is 42.0 Å². The molecule has 4 heteroatoms. The van der Waals surface area contributed by atoms with Crippen molar-refractivity contribution in [3.8, 4) is 0 Å². The fourth-order valence-corrected chi connectivity index (χ4v) is 2.58. The minimum Gasteiger partial charge on any atom is -0.320 e. The van der Waals surface area contributed by atoms with Gasteiger partial charge in [0, 0.05) is 16.5 Å². The van der Waals surface area contributed by atoms with Gasteiger partial charge in [0.15, 0.2) is 0 Å². The number of nitrogens with zero attached hydrogens (tertiary/aromatic N) is 1. The summed E-state index contributed by atoms with van der Waals surface area (Å²) in [4.78, 5) is 16.3. The van der Waals surface area contributed by atoms with Crippen LogP contribution in [0, 0.1) is 6.92 Å². The second-order valence-electron chi connectivity index (χ2n) is 4.23. The molecule has 0 spiro atoms. The SMILES string of the molecule is Cc1nc(C(=O)Nc2cccc3ccccc23)cs1. The molecule has 1 N–H and O–H groups in total. The minimum absolute atomic E-state index is 0.166. The average Bonchev–Trinajstić information content (AvgIpc) is 2.86. The molecule has 1 heterocycles. The Morgan fingerprint density at radius 2 is 1.95 bits per heavy atom. The molecule has 3 aromatic rings. The molecule has 19 heavy (non-hydrogen) atoms. The summed E-state index contributed by atoms with van der Waals surface area (Å²) in [6, 6.07) is 13.8. The Morgan fingerprint density at radius 1 is 1.16 bits per heavy atom. The molecule has 1 aromatic heterocycles. The quantitative estimate of drug-likeness (QED) is 0.767. The highest BCUT2D eigenvalue weighted by atomic mass is 32.1. The van der Waals surface area contributed by atoms with E-state index in [4.69, 9.17) is 0 Å². The molecule has 0 saturated carbocycles. The number of aryl methyl sites for hydroxylation is 1. The number of carbonyl (C=O) groups is 1. The van der Waals surface area contributed by atoms with Gasteiger partial charge in [-0.2, -0.15) is 0 Å². The fraction of sp³-hybridized carbons (Fsp3) is 0.0667. The third kappa shape index (κ3) is 2.35. The van der Waals surface area contributed by atoms with Gasteiger partial charge >= 0.3 is 0 Å². The molecule has 0 bridgehead atoms. The van der Waals surface area contributed by atoms with Crippen LogP contribution in [0.5, 0.6) is 0 Å². The number of anilines is 1. The van der Waals surface area contributed by atoms with Crippen LogP contribution in [-0.2, 0) is 0 Å². The molecule has 0 atom stereocenters. The van der Waals surface area contributed by atoms with Gasteiger partial charge in [0.25, 0.3) is 5.91 Å². The van der Waals surface area contributed by atoms with E-state index >= 15 is 0 Å². The first-order valence-corrected chi connectivity index (χ1v) is 6.83. The maximum Gasteiger partial charge on any atom is 0.275 e. The largest absolute Gasteiger partial charge is 0.320 e.